The minimum Gasteiger partial charge on any atom is -0.399 e. The predicted octanol–water partition coefficient (Wildman–Crippen LogP) is 3.68. The van der Waals surface area contributed by atoms with E-state index in [1.807, 2.05) is 12.1 Å². The third-order valence-corrected chi connectivity index (χ3v) is 3.72. The summed E-state index contributed by atoms with van der Waals surface area (Å²) >= 11 is 0. The SMILES string of the molecule is Nc1cc2c(c(Nc3ccc(C(F)(F)F)cc3)c1)CCNC2. The number of fused-ring (bicyclic) bond motifs is 1. The fourth-order valence-corrected chi connectivity index (χ4v) is 2.66. The first-order chi connectivity index (χ1) is 10.4. The smallest absolute Gasteiger partial charge is 0.399 e. The lowest BCUT2D eigenvalue weighted by atomic mass is 9.98. The first kappa shape index (κ1) is 14.7. The highest BCUT2D eigenvalue weighted by Gasteiger charge is 2.29. The van der Waals surface area contributed by atoms with Crippen LogP contribution in [0.3, 0.4) is 0 Å². The normalized spacial score (nSPS) is 14.5. The van der Waals surface area contributed by atoms with Crippen LogP contribution in [-0.2, 0) is 19.1 Å². The molecule has 3 nitrogen and oxygen atoms in total. The number of rotatable bonds is 2. The molecule has 0 aromatic heterocycles. The summed E-state index contributed by atoms with van der Waals surface area (Å²) in [5, 5.41) is 6.45. The van der Waals surface area contributed by atoms with E-state index in [0.29, 0.717) is 11.4 Å². The quantitative estimate of drug-likeness (QED) is 0.742. The molecule has 0 bridgehead atoms. The number of nitrogen functional groups attached to an aromatic ring is 1. The van der Waals surface area contributed by atoms with Gasteiger partial charge < -0.3 is 16.4 Å². The molecule has 0 saturated heterocycles. The molecule has 0 amide bonds. The van der Waals surface area contributed by atoms with Crippen molar-refractivity contribution in [2.24, 2.45) is 0 Å². The molecule has 0 radical (unpaired) electrons. The molecule has 2 aromatic rings. The maximum Gasteiger partial charge on any atom is 0.416 e. The van der Waals surface area contributed by atoms with Crippen molar-refractivity contribution in [1.29, 1.82) is 0 Å². The fraction of sp³-hybridized carbons (Fsp3) is 0.250. The van der Waals surface area contributed by atoms with Crippen molar-refractivity contribution >= 4 is 17.1 Å². The number of alkyl halides is 3. The second-order valence-electron chi connectivity index (χ2n) is 5.33. The van der Waals surface area contributed by atoms with Crippen LogP contribution in [0, 0.1) is 0 Å². The number of anilines is 3. The van der Waals surface area contributed by atoms with Gasteiger partial charge in [-0.05, 0) is 60.5 Å². The molecule has 22 heavy (non-hydrogen) atoms. The average molecular weight is 307 g/mol. The van der Waals surface area contributed by atoms with Gasteiger partial charge in [-0.2, -0.15) is 13.2 Å². The summed E-state index contributed by atoms with van der Waals surface area (Å²) in [5.74, 6) is 0. The Labute approximate surface area is 126 Å². The average Bonchev–Trinajstić information content (AvgIpc) is 2.46. The molecule has 1 heterocycles. The Morgan fingerprint density at radius 1 is 1.09 bits per heavy atom. The number of hydrogen-bond donors (Lipinski definition) is 3. The van der Waals surface area contributed by atoms with Gasteiger partial charge in [0.25, 0.3) is 0 Å². The van der Waals surface area contributed by atoms with Gasteiger partial charge in [0.05, 0.1) is 5.56 Å². The summed E-state index contributed by atoms with van der Waals surface area (Å²) in [6.07, 6.45) is -3.46. The minimum atomic E-state index is -4.32. The van der Waals surface area contributed by atoms with Crippen LogP contribution in [0.4, 0.5) is 30.2 Å². The number of nitrogens with two attached hydrogens (primary N) is 1. The van der Waals surface area contributed by atoms with Gasteiger partial charge >= 0.3 is 6.18 Å². The van der Waals surface area contributed by atoms with Gasteiger partial charge in [-0.1, -0.05) is 0 Å². The van der Waals surface area contributed by atoms with E-state index in [9.17, 15) is 13.2 Å². The van der Waals surface area contributed by atoms with E-state index in [0.717, 1.165) is 48.5 Å². The standard InChI is InChI=1S/C16H16F3N3/c17-16(18,19)11-1-3-13(4-2-11)22-15-8-12(20)7-10-9-21-6-5-14(10)15/h1-4,7-8,21-22H,5-6,9,20H2. The third kappa shape index (κ3) is 3.01. The first-order valence-electron chi connectivity index (χ1n) is 7.00. The molecule has 0 unspecified atom stereocenters. The molecule has 4 N–H and O–H groups in total. The molecule has 0 fully saturated rings. The number of benzene rings is 2. The van der Waals surface area contributed by atoms with E-state index >= 15 is 0 Å². The molecular weight excluding hydrogens is 291 g/mol. The molecule has 6 heteroatoms. The molecule has 3 rings (SSSR count). The van der Waals surface area contributed by atoms with E-state index in [4.69, 9.17) is 5.73 Å². The summed E-state index contributed by atoms with van der Waals surface area (Å²) < 4.78 is 37.7. The third-order valence-electron chi connectivity index (χ3n) is 3.72. The van der Waals surface area contributed by atoms with Crippen molar-refractivity contribution in [1.82, 2.24) is 5.32 Å². The Balaban J connectivity index is 1.88. The Morgan fingerprint density at radius 3 is 2.50 bits per heavy atom. The second-order valence-corrected chi connectivity index (χ2v) is 5.33. The van der Waals surface area contributed by atoms with E-state index in [1.54, 1.807) is 0 Å². The Hall–Kier alpha value is -2.21. The molecule has 0 saturated carbocycles. The highest BCUT2D eigenvalue weighted by Crippen LogP contribution is 2.32. The van der Waals surface area contributed by atoms with Crippen LogP contribution < -0.4 is 16.4 Å². The lowest BCUT2D eigenvalue weighted by Crippen LogP contribution is -2.24. The Bertz CT molecular complexity index is 678. The van der Waals surface area contributed by atoms with E-state index in [2.05, 4.69) is 10.6 Å². The fourth-order valence-electron chi connectivity index (χ4n) is 2.66. The van der Waals surface area contributed by atoms with Crippen LogP contribution in [0.25, 0.3) is 0 Å². The zero-order chi connectivity index (χ0) is 15.7. The number of halogens is 3. The molecule has 0 spiro atoms. The summed E-state index contributed by atoms with van der Waals surface area (Å²) in [5.41, 5.74) is 9.64. The molecule has 116 valence electrons. The maximum atomic E-state index is 12.6. The maximum absolute atomic E-state index is 12.6. The second kappa shape index (κ2) is 5.53. The van der Waals surface area contributed by atoms with Crippen molar-refractivity contribution in [2.45, 2.75) is 19.1 Å². The predicted molar refractivity (Wildman–Crippen MR) is 81.0 cm³/mol. The molecule has 0 aliphatic carbocycles. The highest BCUT2D eigenvalue weighted by molar-refractivity contribution is 5.70. The monoisotopic (exact) mass is 307 g/mol. The molecule has 1 aliphatic heterocycles. The van der Waals surface area contributed by atoms with Gasteiger partial charge in [0, 0.05) is 23.6 Å². The number of hydrogen-bond acceptors (Lipinski definition) is 3. The van der Waals surface area contributed by atoms with Gasteiger partial charge in [0.2, 0.25) is 0 Å². The van der Waals surface area contributed by atoms with Crippen molar-refractivity contribution in [3.63, 3.8) is 0 Å². The number of nitrogens with one attached hydrogen (secondary N) is 2. The van der Waals surface area contributed by atoms with Gasteiger partial charge in [-0.15, -0.1) is 0 Å². The molecule has 2 aromatic carbocycles. The van der Waals surface area contributed by atoms with E-state index < -0.39 is 11.7 Å². The Morgan fingerprint density at radius 2 is 1.82 bits per heavy atom. The van der Waals surface area contributed by atoms with Crippen molar-refractivity contribution in [3.8, 4) is 0 Å². The topological polar surface area (TPSA) is 50.1 Å². The van der Waals surface area contributed by atoms with E-state index in [-0.39, 0.29) is 0 Å². The van der Waals surface area contributed by atoms with Crippen LogP contribution in [0.1, 0.15) is 16.7 Å². The molecule has 1 aliphatic rings. The summed E-state index contributed by atoms with van der Waals surface area (Å²) in [6.45, 7) is 1.63. The summed E-state index contributed by atoms with van der Waals surface area (Å²) in [7, 11) is 0. The summed E-state index contributed by atoms with van der Waals surface area (Å²) in [4.78, 5) is 0. The molecule has 0 atom stereocenters. The van der Waals surface area contributed by atoms with Crippen LogP contribution in [-0.4, -0.2) is 6.54 Å². The van der Waals surface area contributed by atoms with Crippen LogP contribution in [0.2, 0.25) is 0 Å². The summed E-state index contributed by atoms with van der Waals surface area (Å²) in [6, 6.07) is 8.76. The van der Waals surface area contributed by atoms with Crippen LogP contribution in [0.5, 0.6) is 0 Å². The largest absolute Gasteiger partial charge is 0.416 e. The van der Waals surface area contributed by atoms with Crippen LogP contribution >= 0.6 is 0 Å². The van der Waals surface area contributed by atoms with Crippen molar-refractivity contribution < 1.29 is 13.2 Å². The lowest BCUT2D eigenvalue weighted by molar-refractivity contribution is -0.137. The van der Waals surface area contributed by atoms with Crippen molar-refractivity contribution in [2.75, 3.05) is 17.6 Å². The zero-order valence-electron chi connectivity index (χ0n) is 11.8. The first-order valence-corrected chi connectivity index (χ1v) is 7.00. The van der Waals surface area contributed by atoms with Gasteiger partial charge in [0.1, 0.15) is 0 Å². The zero-order valence-corrected chi connectivity index (χ0v) is 11.8. The van der Waals surface area contributed by atoms with Gasteiger partial charge in [-0.3, -0.25) is 0 Å². The van der Waals surface area contributed by atoms with Crippen LogP contribution in [0.15, 0.2) is 36.4 Å². The molecular formula is C16H16F3N3. The highest BCUT2D eigenvalue weighted by atomic mass is 19.4. The lowest BCUT2D eigenvalue weighted by Gasteiger charge is -2.22. The minimum absolute atomic E-state index is 0.610. The van der Waals surface area contributed by atoms with Gasteiger partial charge in [-0.25, -0.2) is 0 Å². The van der Waals surface area contributed by atoms with Gasteiger partial charge in [0.15, 0.2) is 0 Å². The Kier molecular flexibility index (Phi) is 3.70. The van der Waals surface area contributed by atoms with E-state index in [1.165, 1.54) is 12.1 Å². The van der Waals surface area contributed by atoms with Crippen molar-refractivity contribution in [3.05, 3.63) is 53.1 Å².